The molecule has 1 atom stereocenters. The zero-order valence-electron chi connectivity index (χ0n) is 16.4. The fraction of sp³-hybridized carbons (Fsp3) is 0.550. The Morgan fingerprint density at radius 3 is 2.39 bits per heavy atom. The van der Waals surface area contributed by atoms with Crippen molar-refractivity contribution in [3.8, 4) is 0 Å². The van der Waals surface area contributed by atoms with Gasteiger partial charge in [-0.2, -0.15) is 0 Å². The summed E-state index contributed by atoms with van der Waals surface area (Å²) in [6, 6.07) is 2.15. The average molecular weight is 381 g/mol. The molecule has 2 aromatic heterocycles. The summed E-state index contributed by atoms with van der Waals surface area (Å²) in [4.78, 5) is 36.8. The number of amides is 1. The lowest BCUT2D eigenvalue weighted by molar-refractivity contribution is 0.0601. The molecule has 28 heavy (non-hydrogen) atoms. The van der Waals surface area contributed by atoms with Crippen molar-refractivity contribution >= 4 is 17.7 Å². The van der Waals surface area contributed by atoms with Crippen LogP contribution in [-0.2, 0) is 0 Å². The smallest absolute Gasteiger partial charge is 0.274 e. The molecule has 1 amide bonds. The number of likely N-dealkylation sites (tertiary alicyclic amines) is 1. The minimum Gasteiger partial charge on any atom is -0.352 e. The van der Waals surface area contributed by atoms with Crippen LogP contribution in [0, 0.1) is 0 Å². The van der Waals surface area contributed by atoms with Gasteiger partial charge in [0.15, 0.2) is 0 Å². The largest absolute Gasteiger partial charge is 0.352 e. The van der Waals surface area contributed by atoms with Gasteiger partial charge in [-0.25, -0.2) is 19.9 Å². The predicted molar refractivity (Wildman–Crippen MR) is 107 cm³/mol. The highest BCUT2D eigenvalue weighted by Gasteiger charge is 2.27. The Morgan fingerprint density at radius 1 is 0.964 bits per heavy atom. The maximum atomic E-state index is 12.8. The van der Waals surface area contributed by atoms with Gasteiger partial charge in [-0.05, 0) is 31.7 Å². The number of nitrogens with zero attached hydrogens (tertiary/aromatic N) is 7. The van der Waals surface area contributed by atoms with E-state index in [2.05, 4.69) is 36.7 Å². The van der Waals surface area contributed by atoms with E-state index in [-0.39, 0.29) is 5.91 Å². The van der Waals surface area contributed by atoms with Crippen molar-refractivity contribution in [2.24, 2.45) is 0 Å². The summed E-state index contributed by atoms with van der Waals surface area (Å²) < 4.78 is 0. The lowest BCUT2D eigenvalue weighted by Gasteiger charge is -2.36. The molecule has 0 spiro atoms. The van der Waals surface area contributed by atoms with Crippen LogP contribution in [0.5, 0.6) is 0 Å². The number of piperazine rings is 1. The summed E-state index contributed by atoms with van der Waals surface area (Å²) in [6.07, 6.45) is 11.2. The first-order valence-electron chi connectivity index (χ1n) is 10.2. The summed E-state index contributed by atoms with van der Waals surface area (Å²) in [5.74, 6) is 1.59. The van der Waals surface area contributed by atoms with E-state index in [1.54, 1.807) is 24.8 Å². The molecule has 0 bridgehead atoms. The summed E-state index contributed by atoms with van der Waals surface area (Å²) in [7, 11) is 0. The second-order valence-corrected chi connectivity index (χ2v) is 7.34. The molecule has 8 heteroatoms. The first kappa shape index (κ1) is 18.6. The minimum atomic E-state index is 0.0108. The summed E-state index contributed by atoms with van der Waals surface area (Å²) in [6.45, 7) is 6.28. The Labute approximate surface area is 165 Å². The fourth-order valence-electron chi connectivity index (χ4n) is 4.02. The van der Waals surface area contributed by atoms with Crippen molar-refractivity contribution < 1.29 is 4.79 Å². The number of carbonyl (C=O) groups is 1. The van der Waals surface area contributed by atoms with E-state index in [0.717, 1.165) is 63.8 Å². The summed E-state index contributed by atoms with van der Waals surface area (Å²) in [5, 5.41) is 0. The van der Waals surface area contributed by atoms with Gasteiger partial charge in [0.25, 0.3) is 5.91 Å². The van der Waals surface area contributed by atoms with Crippen LogP contribution in [0.15, 0.2) is 30.9 Å². The highest BCUT2D eigenvalue weighted by atomic mass is 16.2. The second kappa shape index (κ2) is 8.50. The Bertz CT molecular complexity index is 775. The van der Waals surface area contributed by atoms with Gasteiger partial charge in [-0.3, -0.25) is 4.79 Å². The van der Waals surface area contributed by atoms with Crippen LogP contribution in [0.4, 0.5) is 11.8 Å². The number of piperidine rings is 1. The molecular weight excluding hydrogens is 354 g/mol. The third-order valence-electron chi connectivity index (χ3n) is 5.66. The number of aromatic nitrogens is 4. The number of carbonyl (C=O) groups excluding carboxylic acids is 1. The van der Waals surface area contributed by atoms with Crippen LogP contribution >= 0.6 is 0 Å². The van der Waals surface area contributed by atoms with E-state index in [9.17, 15) is 4.79 Å². The highest BCUT2D eigenvalue weighted by Crippen LogP contribution is 2.22. The summed E-state index contributed by atoms with van der Waals surface area (Å²) in [5.41, 5.74) is 0.445. The molecule has 1 unspecified atom stereocenters. The van der Waals surface area contributed by atoms with Gasteiger partial charge in [0.2, 0.25) is 5.95 Å². The predicted octanol–water partition coefficient (Wildman–Crippen LogP) is 2.00. The van der Waals surface area contributed by atoms with Gasteiger partial charge in [-0.15, -0.1) is 0 Å². The van der Waals surface area contributed by atoms with E-state index >= 15 is 0 Å². The van der Waals surface area contributed by atoms with E-state index in [4.69, 9.17) is 0 Å². The lowest BCUT2D eigenvalue weighted by atomic mass is 10.00. The first-order valence-corrected chi connectivity index (χ1v) is 10.2. The van der Waals surface area contributed by atoms with E-state index in [1.807, 2.05) is 11.0 Å². The van der Waals surface area contributed by atoms with Crippen LogP contribution in [0.2, 0.25) is 0 Å². The van der Waals surface area contributed by atoms with Crippen molar-refractivity contribution in [2.45, 2.75) is 38.6 Å². The first-order chi connectivity index (χ1) is 13.8. The third kappa shape index (κ3) is 3.90. The quantitative estimate of drug-likeness (QED) is 0.801. The number of anilines is 2. The second-order valence-electron chi connectivity index (χ2n) is 7.34. The molecule has 2 saturated heterocycles. The third-order valence-corrected chi connectivity index (χ3v) is 5.66. The molecule has 8 nitrogen and oxygen atoms in total. The van der Waals surface area contributed by atoms with Gasteiger partial charge in [0, 0.05) is 51.2 Å². The fourth-order valence-corrected chi connectivity index (χ4v) is 4.02. The van der Waals surface area contributed by atoms with Gasteiger partial charge in [-0.1, -0.05) is 6.92 Å². The molecule has 4 heterocycles. The molecule has 2 aliphatic heterocycles. The molecule has 2 fully saturated rings. The number of rotatable bonds is 4. The molecule has 148 valence electrons. The zero-order valence-corrected chi connectivity index (χ0v) is 16.4. The average Bonchev–Trinajstić information content (AvgIpc) is 2.79. The van der Waals surface area contributed by atoms with Crippen LogP contribution < -0.4 is 9.80 Å². The zero-order chi connectivity index (χ0) is 19.3. The molecule has 0 N–H and O–H groups in total. The molecular formula is C20H27N7O. The topological polar surface area (TPSA) is 78.4 Å². The highest BCUT2D eigenvalue weighted by molar-refractivity contribution is 5.92. The SMILES string of the molecule is CCC1CCCCN1C(=O)c1cnc(N2CCN(c3ncccn3)CC2)cn1. The molecule has 0 radical (unpaired) electrons. The van der Waals surface area contributed by atoms with E-state index in [0.29, 0.717) is 11.7 Å². The van der Waals surface area contributed by atoms with E-state index < -0.39 is 0 Å². The molecule has 4 rings (SSSR count). The maximum Gasteiger partial charge on any atom is 0.274 e. The Kier molecular flexibility index (Phi) is 5.64. The van der Waals surface area contributed by atoms with Crippen LogP contribution in [-0.4, -0.2) is 69.5 Å². The van der Waals surface area contributed by atoms with Gasteiger partial charge < -0.3 is 14.7 Å². The molecule has 0 aliphatic carbocycles. The number of hydrogen-bond acceptors (Lipinski definition) is 7. The minimum absolute atomic E-state index is 0.0108. The summed E-state index contributed by atoms with van der Waals surface area (Å²) >= 11 is 0. The van der Waals surface area contributed by atoms with Crippen molar-refractivity contribution in [1.29, 1.82) is 0 Å². The molecule has 0 aromatic carbocycles. The Hall–Kier alpha value is -2.77. The van der Waals surface area contributed by atoms with Crippen molar-refractivity contribution in [3.63, 3.8) is 0 Å². The number of hydrogen-bond donors (Lipinski definition) is 0. The Balaban J connectivity index is 1.38. The molecule has 2 aliphatic rings. The monoisotopic (exact) mass is 381 g/mol. The van der Waals surface area contributed by atoms with Gasteiger partial charge in [0.1, 0.15) is 11.5 Å². The van der Waals surface area contributed by atoms with Crippen LogP contribution in [0.25, 0.3) is 0 Å². The molecule has 2 aromatic rings. The van der Waals surface area contributed by atoms with E-state index in [1.165, 1.54) is 6.42 Å². The van der Waals surface area contributed by atoms with Crippen molar-refractivity contribution in [2.75, 3.05) is 42.5 Å². The standard InChI is InChI=1S/C20H27N7O/c1-2-16-6-3-4-9-27(16)19(28)17-14-24-18(15-23-17)25-10-12-26(13-11-25)20-21-7-5-8-22-20/h5,7-8,14-16H,2-4,6,9-13H2,1H3. The van der Waals surface area contributed by atoms with Crippen molar-refractivity contribution in [3.05, 3.63) is 36.5 Å². The molecule has 0 saturated carbocycles. The van der Waals surface area contributed by atoms with Gasteiger partial charge >= 0.3 is 0 Å². The van der Waals surface area contributed by atoms with Crippen LogP contribution in [0.3, 0.4) is 0 Å². The van der Waals surface area contributed by atoms with Crippen molar-refractivity contribution in [1.82, 2.24) is 24.8 Å². The maximum absolute atomic E-state index is 12.8. The van der Waals surface area contributed by atoms with Crippen LogP contribution in [0.1, 0.15) is 43.1 Å². The van der Waals surface area contributed by atoms with Gasteiger partial charge in [0.05, 0.1) is 12.4 Å². The lowest BCUT2D eigenvalue weighted by Crippen LogP contribution is -2.47. The normalized spacial score (nSPS) is 20.3. The Morgan fingerprint density at radius 2 is 1.71 bits per heavy atom.